The van der Waals surface area contributed by atoms with Crippen LogP contribution in [0.3, 0.4) is 0 Å². The van der Waals surface area contributed by atoms with E-state index in [0.717, 1.165) is 6.42 Å². The van der Waals surface area contributed by atoms with Crippen molar-refractivity contribution < 1.29 is 14.5 Å². The summed E-state index contributed by atoms with van der Waals surface area (Å²) >= 11 is 0. The zero-order valence-corrected chi connectivity index (χ0v) is 9.74. The molecule has 0 fully saturated rings. The number of nitrogens with zero attached hydrogens (tertiary/aromatic N) is 1. The minimum Gasteiger partial charge on any atom is -0.447 e. The van der Waals surface area contributed by atoms with E-state index in [9.17, 15) is 14.9 Å². The van der Waals surface area contributed by atoms with Crippen LogP contribution in [0.15, 0.2) is 42.1 Å². The predicted molar refractivity (Wildman–Crippen MR) is 64.6 cm³/mol. The van der Waals surface area contributed by atoms with Crippen molar-refractivity contribution >= 4 is 5.97 Å². The molecule has 5 nitrogen and oxygen atoms in total. The number of esters is 1. The first kappa shape index (κ1) is 12.3. The van der Waals surface area contributed by atoms with Gasteiger partial charge in [-0.15, -0.1) is 0 Å². The molecule has 1 aliphatic carbocycles. The van der Waals surface area contributed by atoms with Crippen LogP contribution in [0, 0.1) is 10.1 Å². The molecule has 1 aromatic carbocycles. The van der Waals surface area contributed by atoms with E-state index in [1.165, 1.54) is 6.08 Å². The first-order valence-electron chi connectivity index (χ1n) is 5.79. The van der Waals surface area contributed by atoms with E-state index >= 15 is 0 Å². The van der Waals surface area contributed by atoms with Crippen LogP contribution in [0.2, 0.25) is 0 Å². The Hall–Kier alpha value is -2.17. The van der Waals surface area contributed by atoms with Gasteiger partial charge in [0.25, 0.3) is 5.70 Å². The smallest absolute Gasteiger partial charge is 0.338 e. The van der Waals surface area contributed by atoms with Gasteiger partial charge in [0.05, 0.1) is 10.5 Å². The Balaban J connectivity index is 2.09. The summed E-state index contributed by atoms with van der Waals surface area (Å²) in [5.41, 5.74) is 0.399. The van der Waals surface area contributed by atoms with Crippen LogP contribution >= 0.6 is 0 Å². The quantitative estimate of drug-likeness (QED) is 0.467. The number of allylic oxidation sites excluding steroid dienone is 1. The topological polar surface area (TPSA) is 69.4 Å². The molecule has 0 saturated heterocycles. The Labute approximate surface area is 104 Å². The van der Waals surface area contributed by atoms with Crippen LogP contribution in [0.1, 0.15) is 29.6 Å². The van der Waals surface area contributed by atoms with Crippen LogP contribution in [0.5, 0.6) is 0 Å². The average Bonchev–Trinajstić information content (AvgIpc) is 2.40. The third-order valence-electron chi connectivity index (χ3n) is 2.82. The van der Waals surface area contributed by atoms with Gasteiger partial charge < -0.3 is 4.74 Å². The van der Waals surface area contributed by atoms with Gasteiger partial charge in [-0.3, -0.25) is 10.1 Å². The lowest BCUT2D eigenvalue weighted by Gasteiger charge is -2.18. The molecule has 0 N–H and O–H groups in total. The van der Waals surface area contributed by atoms with Gasteiger partial charge in [0.2, 0.25) is 0 Å². The summed E-state index contributed by atoms with van der Waals surface area (Å²) in [6, 6.07) is 8.49. The largest absolute Gasteiger partial charge is 0.447 e. The molecule has 5 heteroatoms. The lowest BCUT2D eigenvalue weighted by atomic mass is 10.0. The zero-order chi connectivity index (χ0) is 13.0. The Bertz CT molecular complexity index is 481. The highest BCUT2D eigenvalue weighted by atomic mass is 16.6. The van der Waals surface area contributed by atoms with E-state index in [1.807, 2.05) is 0 Å². The Morgan fingerprint density at radius 1 is 1.33 bits per heavy atom. The second kappa shape index (κ2) is 5.44. The number of benzene rings is 1. The van der Waals surface area contributed by atoms with Crippen LogP contribution in [-0.4, -0.2) is 17.0 Å². The molecular weight excluding hydrogens is 234 g/mol. The maximum absolute atomic E-state index is 11.8. The summed E-state index contributed by atoms with van der Waals surface area (Å²) in [4.78, 5) is 22.2. The molecule has 1 atom stereocenters. The zero-order valence-electron chi connectivity index (χ0n) is 9.74. The standard InChI is InChI=1S/C13H13NO4/c15-13(10-6-2-1-3-7-10)18-12-9-5-4-8-11(12)14(16)17/h1-3,6-8,12H,4-5,9H2. The number of carbonyl (C=O) groups is 1. The summed E-state index contributed by atoms with van der Waals surface area (Å²) in [7, 11) is 0. The van der Waals surface area contributed by atoms with Crippen LogP contribution < -0.4 is 0 Å². The van der Waals surface area contributed by atoms with Crippen LogP contribution in [-0.2, 0) is 4.74 Å². The lowest BCUT2D eigenvalue weighted by molar-refractivity contribution is -0.437. The minimum absolute atomic E-state index is 0.00877. The third kappa shape index (κ3) is 2.74. The second-order valence-electron chi connectivity index (χ2n) is 4.08. The maximum Gasteiger partial charge on any atom is 0.338 e. The normalized spacial score (nSPS) is 18.9. The fraction of sp³-hybridized carbons (Fsp3) is 0.308. The van der Waals surface area contributed by atoms with E-state index in [-0.39, 0.29) is 5.70 Å². The number of nitro groups is 1. The van der Waals surface area contributed by atoms with Crippen molar-refractivity contribution in [2.24, 2.45) is 0 Å². The van der Waals surface area contributed by atoms with E-state index in [4.69, 9.17) is 4.74 Å². The summed E-state index contributed by atoms with van der Waals surface area (Å²) in [5, 5.41) is 10.8. The molecule has 0 aliphatic heterocycles. The fourth-order valence-corrected chi connectivity index (χ4v) is 1.92. The summed E-state index contributed by atoms with van der Waals surface area (Å²) in [6.45, 7) is 0. The Morgan fingerprint density at radius 2 is 2.06 bits per heavy atom. The fourth-order valence-electron chi connectivity index (χ4n) is 1.92. The molecule has 0 radical (unpaired) electrons. The Kier molecular flexibility index (Phi) is 3.72. The first-order valence-corrected chi connectivity index (χ1v) is 5.79. The highest BCUT2D eigenvalue weighted by Crippen LogP contribution is 2.22. The second-order valence-corrected chi connectivity index (χ2v) is 4.08. The van der Waals surface area contributed by atoms with Gasteiger partial charge in [0.15, 0.2) is 6.10 Å². The molecule has 0 aromatic heterocycles. The lowest BCUT2D eigenvalue weighted by Crippen LogP contribution is -2.26. The molecule has 94 valence electrons. The SMILES string of the molecule is O=C(OC1CCCC=C1[N+](=O)[O-])c1ccccc1. The van der Waals surface area contributed by atoms with Crippen LogP contribution in [0.4, 0.5) is 0 Å². The molecular formula is C13H13NO4. The van der Waals surface area contributed by atoms with Crippen molar-refractivity contribution in [1.29, 1.82) is 0 Å². The minimum atomic E-state index is -0.735. The van der Waals surface area contributed by atoms with E-state index in [2.05, 4.69) is 0 Å². The highest BCUT2D eigenvalue weighted by molar-refractivity contribution is 5.89. The van der Waals surface area contributed by atoms with Crippen molar-refractivity contribution in [2.45, 2.75) is 25.4 Å². The van der Waals surface area contributed by atoms with Gasteiger partial charge in [-0.1, -0.05) is 18.2 Å². The van der Waals surface area contributed by atoms with Gasteiger partial charge in [-0.25, -0.2) is 4.79 Å². The molecule has 1 aliphatic rings. The number of rotatable bonds is 3. The number of carbonyl (C=O) groups excluding carboxylic acids is 1. The Morgan fingerprint density at radius 3 is 2.72 bits per heavy atom. The van der Waals surface area contributed by atoms with Gasteiger partial charge >= 0.3 is 5.97 Å². The molecule has 1 aromatic rings. The highest BCUT2D eigenvalue weighted by Gasteiger charge is 2.30. The predicted octanol–water partition coefficient (Wildman–Crippen LogP) is 2.56. The molecule has 2 rings (SSSR count). The van der Waals surface area contributed by atoms with Gasteiger partial charge in [0.1, 0.15) is 0 Å². The molecule has 0 amide bonds. The molecule has 0 saturated carbocycles. The van der Waals surface area contributed by atoms with Crippen molar-refractivity contribution in [3.05, 3.63) is 57.8 Å². The molecule has 0 spiro atoms. The number of ether oxygens (including phenoxy) is 1. The van der Waals surface area contributed by atoms with Crippen molar-refractivity contribution in [2.75, 3.05) is 0 Å². The van der Waals surface area contributed by atoms with Gasteiger partial charge in [0, 0.05) is 0 Å². The van der Waals surface area contributed by atoms with E-state index < -0.39 is 17.0 Å². The average molecular weight is 247 g/mol. The molecule has 1 unspecified atom stereocenters. The maximum atomic E-state index is 11.8. The van der Waals surface area contributed by atoms with Crippen molar-refractivity contribution in [1.82, 2.24) is 0 Å². The summed E-state index contributed by atoms with van der Waals surface area (Å²) in [5.74, 6) is -0.518. The number of hydrogen-bond donors (Lipinski definition) is 0. The van der Waals surface area contributed by atoms with Gasteiger partial charge in [-0.2, -0.15) is 0 Å². The summed E-state index contributed by atoms with van der Waals surface area (Å²) < 4.78 is 5.20. The van der Waals surface area contributed by atoms with Crippen LogP contribution in [0.25, 0.3) is 0 Å². The summed E-state index contributed by atoms with van der Waals surface area (Å²) in [6.07, 6.45) is 2.76. The van der Waals surface area contributed by atoms with Crippen molar-refractivity contribution in [3.8, 4) is 0 Å². The monoisotopic (exact) mass is 247 g/mol. The van der Waals surface area contributed by atoms with E-state index in [0.29, 0.717) is 18.4 Å². The first-order chi connectivity index (χ1) is 8.68. The molecule has 0 bridgehead atoms. The van der Waals surface area contributed by atoms with Crippen molar-refractivity contribution in [3.63, 3.8) is 0 Å². The molecule has 18 heavy (non-hydrogen) atoms. The molecule has 0 heterocycles. The van der Waals surface area contributed by atoms with Gasteiger partial charge in [-0.05, 0) is 37.5 Å². The third-order valence-corrected chi connectivity index (χ3v) is 2.82. The number of hydrogen-bond acceptors (Lipinski definition) is 4. The van der Waals surface area contributed by atoms with E-state index in [1.54, 1.807) is 30.3 Å².